The number of nitrogens with one attached hydrogen (secondary N) is 1. The van der Waals surface area contributed by atoms with Crippen LogP contribution in [0.3, 0.4) is 0 Å². The van der Waals surface area contributed by atoms with Crippen molar-refractivity contribution in [3.63, 3.8) is 0 Å². The number of anilines is 1. The summed E-state index contributed by atoms with van der Waals surface area (Å²) < 4.78 is 13.8. The highest BCUT2D eigenvalue weighted by atomic mass is 79.9. The lowest BCUT2D eigenvalue weighted by atomic mass is 10.2. The molecule has 20 heavy (non-hydrogen) atoms. The third-order valence-electron chi connectivity index (χ3n) is 2.64. The molecule has 0 spiro atoms. The number of hydrogen-bond donors (Lipinski definition) is 1. The summed E-state index contributed by atoms with van der Waals surface area (Å²) in [6.07, 6.45) is 0. The molecule has 104 valence electrons. The first-order chi connectivity index (χ1) is 9.47. The molecule has 0 saturated heterocycles. The maximum absolute atomic E-state index is 13.1. The van der Waals surface area contributed by atoms with Gasteiger partial charge in [0, 0.05) is 28.2 Å². The van der Waals surface area contributed by atoms with Crippen LogP contribution in [-0.2, 0) is 6.54 Å². The van der Waals surface area contributed by atoms with Gasteiger partial charge >= 0.3 is 0 Å². The molecule has 0 saturated carbocycles. The number of hydrogen-bond acceptors (Lipinski definition) is 3. The molecule has 1 N–H and O–H groups in total. The van der Waals surface area contributed by atoms with Gasteiger partial charge in [-0.25, -0.2) is 4.39 Å². The van der Waals surface area contributed by atoms with Crippen molar-refractivity contribution >= 4 is 38.9 Å². The van der Waals surface area contributed by atoms with Gasteiger partial charge in [0.1, 0.15) is 5.82 Å². The first-order valence-electron chi connectivity index (χ1n) is 5.59. The number of non-ortho nitro benzene ring substituents is 1. The summed E-state index contributed by atoms with van der Waals surface area (Å²) >= 11 is 9.28. The summed E-state index contributed by atoms with van der Waals surface area (Å²) in [4.78, 5) is 10.2. The van der Waals surface area contributed by atoms with E-state index in [0.29, 0.717) is 20.7 Å². The van der Waals surface area contributed by atoms with Gasteiger partial charge in [0.15, 0.2) is 0 Å². The van der Waals surface area contributed by atoms with Crippen molar-refractivity contribution in [1.29, 1.82) is 0 Å². The van der Waals surface area contributed by atoms with Crippen LogP contribution in [0.2, 0.25) is 5.02 Å². The van der Waals surface area contributed by atoms with E-state index in [9.17, 15) is 14.5 Å². The normalized spacial score (nSPS) is 10.3. The number of nitrogens with zero attached hydrogens (tertiary/aromatic N) is 1. The maximum Gasteiger partial charge on any atom is 0.269 e. The lowest BCUT2D eigenvalue weighted by Gasteiger charge is -2.10. The second-order valence-electron chi connectivity index (χ2n) is 4.01. The van der Waals surface area contributed by atoms with Crippen LogP contribution >= 0.6 is 27.5 Å². The molecule has 0 amide bonds. The third-order valence-corrected chi connectivity index (χ3v) is 3.70. The largest absolute Gasteiger partial charge is 0.380 e. The molecule has 2 rings (SSSR count). The molecular weight excluding hydrogens is 351 g/mol. The zero-order valence-corrected chi connectivity index (χ0v) is 12.4. The summed E-state index contributed by atoms with van der Waals surface area (Å²) in [5.41, 5.74) is 1.08. The summed E-state index contributed by atoms with van der Waals surface area (Å²) in [7, 11) is 0. The highest BCUT2D eigenvalue weighted by Crippen LogP contribution is 2.26. The Morgan fingerprint density at radius 1 is 1.30 bits per heavy atom. The molecule has 0 fully saturated rings. The second-order valence-corrected chi connectivity index (χ2v) is 5.27. The van der Waals surface area contributed by atoms with Gasteiger partial charge in [0.05, 0.1) is 10.6 Å². The summed E-state index contributed by atoms with van der Waals surface area (Å²) in [5, 5.41) is 14.1. The van der Waals surface area contributed by atoms with E-state index in [1.807, 2.05) is 0 Å². The van der Waals surface area contributed by atoms with Crippen LogP contribution < -0.4 is 5.32 Å². The molecule has 0 unspecified atom stereocenters. The molecule has 7 heteroatoms. The van der Waals surface area contributed by atoms with E-state index in [0.717, 1.165) is 0 Å². The van der Waals surface area contributed by atoms with Crippen molar-refractivity contribution in [3.05, 3.63) is 67.4 Å². The van der Waals surface area contributed by atoms with Crippen LogP contribution in [0.4, 0.5) is 15.8 Å². The zero-order valence-electron chi connectivity index (χ0n) is 10.1. The van der Waals surface area contributed by atoms with E-state index in [2.05, 4.69) is 21.2 Å². The molecule has 0 atom stereocenters. The molecule has 2 aromatic rings. The molecule has 0 aliphatic heterocycles. The van der Waals surface area contributed by atoms with E-state index in [1.165, 1.54) is 30.3 Å². The van der Waals surface area contributed by atoms with Crippen LogP contribution in [0.5, 0.6) is 0 Å². The Morgan fingerprint density at radius 3 is 2.75 bits per heavy atom. The van der Waals surface area contributed by atoms with Gasteiger partial charge in [-0.05, 0) is 45.8 Å². The molecule has 0 bridgehead atoms. The van der Waals surface area contributed by atoms with Crippen molar-refractivity contribution in [2.75, 3.05) is 5.32 Å². The highest BCUT2D eigenvalue weighted by molar-refractivity contribution is 9.10. The Morgan fingerprint density at radius 2 is 2.05 bits per heavy atom. The first-order valence-corrected chi connectivity index (χ1v) is 6.76. The van der Waals surface area contributed by atoms with E-state index < -0.39 is 4.92 Å². The molecule has 4 nitrogen and oxygen atoms in total. The maximum atomic E-state index is 13.1. The average Bonchev–Trinajstić information content (AvgIpc) is 2.41. The predicted molar refractivity (Wildman–Crippen MR) is 79.5 cm³/mol. The lowest BCUT2D eigenvalue weighted by Crippen LogP contribution is -2.02. The molecule has 0 aliphatic rings. The fourth-order valence-corrected chi connectivity index (χ4v) is 2.20. The smallest absolute Gasteiger partial charge is 0.269 e. The molecule has 0 aromatic heterocycles. The Hall–Kier alpha value is -1.66. The quantitative estimate of drug-likeness (QED) is 0.632. The van der Waals surface area contributed by atoms with Crippen LogP contribution in [-0.4, -0.2) is 4.92 Å². The van der Waals surface area contributed by atoms with Crippen LogP contribution in [0.1, 0.15) is 5.56 Å². The number of nitro benzene ring substituents is 1. The average molecular weight is 360 g/mol. The minimum atomic E-state index is -0.488. The van der Waals surface area contributed by atoms with Crippen LogP contribution in [0.25, 0.3) is 0 Å². The second kappa shape index (κ2) is 6.19. The number of rotatable bonds is 4. The molecule has 2 aromatic carbocycles. The van der Waals surface area contributed by atoms with Gasteiger partial charge in [-0.15, -0.1) is 0 Å². The van der Waals surface area contributed by atoms with E-state index >= 15 is 0 Å². The fourth-order valence-electron chi connectivity index (χ4n) is 1.63. The van der Waals surface area contributed by atoms with E-state index in [-0.39, 0.29) is 18.0 Å². The van der Waals surface area contributed by atoms with Crippen LogP contribution in [0, 0.1) is 15.9 Å². The first kappa shape index (κ1) is 14.7. The van der Waals surface area contributed by atoms with Gasteiger partial charge < -0.3 is 5.32 Å². The van der Waals surface area contributed by atoms with Gasteiger partial charge in [-0.2, -0.15) is 0 Å². The van der Waals surface area contributed by atoms with Gasteiger partial charge in [0.25, 0.3) is 5.69 Å². The lowest BCUT2D eigenvalue weighted by molar-refractivity contribution is -0.384. The van der Waals surface area contributed by atoms with Gasteiger partial charge in [-0.3, -0.25) is 10.1 Å². The highest BCUT2D eigenvalue weighted by Gasteiger charge is 2.10. The van der Waals surface area contributed by atoms with Gasteiger partial charge in [-0.1, -0.05) is 11.6 Å². The number of benzene rings is 2. The van der Waals surface area contributed by atoms with Crippen molar-refractivity contribution in [1.82, 2.24) is 0 Å². The Balaban J connectivity index is 2.20. The monoisotopic (exact) mass is 358 g/mol. The standard InChI is InChI=1S/C13H9BrClFN2O2/c14-11-3-1-9(16)6-13(11)17-7-8-5-10(18(19)20)2-4-12(8)15/h1-6,17H,7H2. The number of nitro groups is 1. The Bertz CT molecular complexity index is 667. The molecule has 0 radical (unpaired) electrons. The minimum Gasteiger partial charge on any atom is -0.380 e. The topological polar surface area (TPSA) is 55.2 Å². The SMILES string of the molecule is O=[N+]([O-])c1ccc(Cl)c(CNc2cc(F)ccc2Br)c1. The predicted octanol–water partition coefficient (Wildman–Crippen LogP) is 4.76. The summed E-state index contributed by atoms with van der Waals surface area (Å²) in [6.45, 7) is 0.253. The molecular formula is C13H9BrClFN2O2. The Labute approximate surface area is 127 Å². The fraction of sp³-hybridized carbons (Fsp3) is 0.0769. The van der Waals surface area contributed by atoms with Crippen molar-refractivity contribution in [2.45, 2.75) is 6.54 Å². The Kier molecular flexibility index (Phi) is 4.57. The van der Waals surface area contributed by atoms with Gasteiger partial charge in [0.2, 0.25) is 0 Å². The van der Waals surface area contributed by atoms with Crippen molar-refractivity contribution < 1.29 is 9.31 Å². The summed E-state index contributed by atoms with van der Waals surface area (Å²) in [6, 6.07) is 8.43. The minimum absolute atomic E-state index is 0.0375. The van der Waals surface area contributed by atoms with E-state index in [4.69, 9.17) is 11.6 Å². The molecule has 0 heterocycles. The van der Waals surface area contributed by atoms with Crippen LogP contribution in [0.15, 0.2) is 40.9 Å². The van der Waals surface area contributed by atoms with E-state index in [1.54, 1.807) is 6.07 Å². The number of halogens is 3. The van der Waals surface area contributed by atoms with Crippen molar-refractivity contribution in [3.8, 4) is 0 Å². The zero-order chi connectivity index (χ0) is 14.7. The van der Waals surface area contributed by atoms with Crippen molar-refractivity contribution in [2.24, 2.45) is 0 Å². The summed E-state index contributed by atoms with van der Waals surface area (Å²) in [5.74, 6) is -0.374. The third kappa shape index (κ3) is 3.46. The molecule has 0 aliphatic carbocycles.